The molecule has 1 aromatic heterocycles. The zero-order valence-corrected chi connectivity index (χ0v) is 15.2. The predicted molar refractivity (Wildman–Crippen MR) is 111 cm³/mol. The van der Waals surface area contributed by atoms with Gasteiger partial charge in [0.15, 0.2) is 0 Å². The molecule has 0 amide bonds. The largest absolute Gasteiger partial charge is 0.497 e. The van der Waals surface area contributed by atoms with Crippen molar-refractivity contribution in [1.82, 2.24) is 4.98 Å². The second kappa shape index (κ2) is 7.02. The highest BCUT2D eigenvalue weighted by Gasteiger charge is 2.07. The Balaban J connectivity index is 1.56. The zero-order chi connectivity index (χ0) is 17.9. The van der Waals surface area contributed by atoms with Crippen LogP contribution in [0.25, 0.3) is 32.9 Å². The molecular weight excluding hydrogens is 340 g/mol. The predicted octanol–water partition coefficient (Wildman–Crippen LogP) is 5.72. The van der Waals surface area contributed by atoms with Gasteiger partial charge in [-0.15, -0.1) is 11.3 Å². The molecule has 3 aromatic carbocycles. The molecule has 4 aromatic rings. The van der Waals surface area contributed by atoms with Crippen LogP contribution in [0.4, 0.5) is 5.69 Å². The van der Waals surface area contributed by atoms with Crippen LogP contribution in [0.1, 0.15) is 11.1 Å². The molecular formula is C22H18N2OS. The number of ether oxygens (including phenoxy) is 1. The van der Waals surface area contributed by atoms with Crippen molar-refractivity contribution in [3.8, 4) is 16.3 Å². The van der Waals surface area contributed by atoms with Crippen LogP contribution in [0, 0.1) is 0 Å². The molecule has 0 aliphatic heterocycles. The SMILES string of the molecule is COc1ccc2nc(-c3ccc(C=Cc4ccc(N)cc4)cc3)sc2c1. The van der Waals surface area contributed by atoms with Gasteiger partial charge in [-0.25, -0.2) is 4.98 Å². The van der Waals surface area contributed by atoms with E-state index >= 15 is 0 Å². The number of fused-ring (bicyclic) bond motifs is 1. The fourth-order valence-electron chi connectivity index (χ4n) is 2.69. The molecule has 128 valence electrons. The summed E-state index contributed by atoms with van der Waals surface area (Å²) in [5, 5.41) is 1.02. The van der Waals surface area contributed by atoms with E-state index in [-0.39, 0.29) is 0 Å². The maximum atomic E-state index is 5.71. The summed E-state index contributed by atoms with van der Waals surface area (Å²) in [6.45, 7) is 0. The monoisotopic (exact) mass is 358 g/mol. The first-order valence-corrected chi connectivity index (χ1v) is 9.11. The molecule has 0 aliphatic carbocycles. The lowest BCUT2D eigenvalue weighted by molar-refractivity contribution is 0.415. The Morgan fingerprint density at radius 3 is 2.19 bits per heavy atom. The van der Waals surface area contributed by atoms with Gasteiger partial charge in [0.1, 0.15) is 10.8 Å². The summed E-state index contributed by atoms with van der Waals surface area (Å²) in [5.74, 6) is 0.857. The third kappa shape index (κ3) is 3.46. The minimum atomic E-state index is 0.778. The van der Waals surface area contributed by atoms with Gasteiger partial charge in [0, 0.05) is 11.3 Å². The Bertz CT molecular complexity index is 1060. The highest BCUT2D eigenvalue weighted by atomic mass is 32.1. The topological polar surface area (TPSA) is 48.1 Å². The van der Waals surface area contributed by atoms with Gasteiger partial charge < -0.3 is 10.5 Å². The van der Waals surface area contributed by atoms with Crippen molar-refractivity contribution in [2.75, 3.05) is 12.8 Å². The Kier molecular flexibility index (Phi) is 4.42. The Morgan fingerprint density at radius 2 is 1.54 bits per heavy atom. The van der Waals surface area contributed by atoms with Crippen LogP contribution in [0.15, 0.2) is 66.7 Å². The van der Waals surface area contributed by atoms with E-state index in [0.29, 0.717) is 0 Å². The van der Waals surface area contributed by atoms with Crippen LogP contribution in [-0.4, -0.2) is 12.1 Å². The quantitative estimate of drug-likeness (QED) is 0.375. The van der Waals surface area contributed by atoms with Gasteiger partial charge in [0.2, 0.25) is 0 Å². The number of hydrogen-bond donors (Lipinski definition) is 1. The fourth-order valence-corrected chi connectivity index (χ4v) is 3.69. The Hall–Kier alpha value is -3.11. The van der Waals surface area contributed by atoms with Crippen LogP contribution in [0.3, 0.4) is 0 Å². The number of anilines is 1. The van der Waals surface area contributed by atoms with Crippen molar-refractivity contribution in [2.45, 2.75) is 0 Å². The number of nitrogens with two attached hydrogens (primary N) is 1. The second-order valence-corrected chi connectivity index (χ2v) is 7.01. The lowest BCUT2D eigenvalue weighted by atomic mass is 10.1. The van der Waals surface area contributed by atoms with Crippen molar-refractivity contribution in [1.29, 1.82) is 0 Å². The standard InChI is InChI=1S/C22H18N2OS/c1-25-19-12-13-20-21(14-19)26-22(24-20)17-8-4-15(5-9-17)2-3-16-6-10-18(23)11-7-16/h2-14H,23H2,1H3. The van der Waals surface area contributed by atoms with E-state index < -0.39 is 0 Å². The fraction of sp³-hybridized carbons (Fsp3) is 0.0455. The highest BCUT2D eigenvalue weighted by molar-refractivity contribution is 7.21. The van der Waals surface area contributed by atoms with Gasteiger partial charge in [0.25, 0.3) is 0 Å². The first kappa shape index (κ1) is 16.4. The van der Waals surface area contributed by atoms with E-state index in [4.69, 9.17) is 15.5 Å². The smallest absolute Gasteiger partial charge is 0.124 e. The first-order chi connectivity index (χ1) is 12.7. The molecule has 4 rings (SSSR count). The molecule has 0 spiro atoms. The average Bonchev–Trinajstić information content (AvgIpc) is 3.11. The van der Waals surface area contributed by atoms with Crippen LogP contribution in [0.5, 0.6) is 5.75 Å². The van der Waals surface area contributed by atoms with Crippen LogP contribution >= 0.6 is 11.3 Å². The van der Waals surface area contributed by atoms with Crippen molar-refractivity contribution < 1.29 is 4.74 Å². The third-order valence-electron chi connectivity index (χ3n) is 4.16. The molecule has 0 saturated carbocycles. The second-order valence-electron chi connectivity index (χ2n) is 5.97. The molecule has 3 nitrogen and oxygen atoms in total. The van der Waals surface area contributed by atoms with E-state index in [1.165, 1.54) is 0 Å². The van der Waals surface area contributed by atoms with E-state index in [2.05, 4.69) is 36.4 Å². The number of nitrogens with zero attached hydrogens (tertiary/aromatic N) is 1. The van der Waals surface area contributed by atoms with Gasteiger partial charge in [0.05, 0.1) is 17.3 Å². The molecule has 0 radical (unpaired) electrons. The number of thiazole rings is 1. The molecule has 0 atom stereocenters. The summed E-state index contributed by atoms with van der Waals surface area (Å²) in [6.07, 6.45) is 4.18. The first-order valence-electron chi connectivity index (χ1n) is 8.30. The van der Waals surface area contributed by atoms with Gasteiger partial charge in [-0.3, -0.25) is 0 Å². The summed E-state index contributed by atoms with van der Waals surface area (Å²) in [4.78, 5) is 4.72. The summed E-state index contributed by atoms with van der Waals surface area (Å²) in [6, 6.07) is 22.2. The van der Waals surface area contributed by atoms with Gasteiger partial charge in [-0.2, -0.15) is 0 Å². The van der Waals surface area contributed by atoms with E-state index in [9.17, 15) is 0 Å². The molecule has 0 fully saturated rings. The summed E-state index contributed by atoms with van der Waals surface area (Å²) >= 11 is 1.68. The molecule has 1 heterocycles. The van der Waals surface area contributed by atoms with Crippen LogP contribution in [0.2, 0.25) is 0 Å². The van der Waals surface area contributed by atoms with Crippen molar-refractivity contribution in [3.05, 3.63) is 77.9 Å². The van der Waals surface area contributed by atoms with E-state index in [0.717, 1.165) is 43.4 Å². The van der Waals surface area contributed by atoms with Gasteiger partial charge in [-0.05, 0) is 41.5 Å². The number of rotatable bonds is 4. The highest BCUT2D eigenvalue weighted by Crippen LogP contribution is 2.32. The number of hydrogen-bond acceptors (Lipinski definition) is 4. The van der Waals surface area contributed by atoms with Gasteiger partial charge in [-0.1, -0.05) is 48.6 Å². The maximum absolute atomic E-state index is 5.71. The van der Waals surface area contributed by atoms with Crippen LogP contribution < -0.4 is 10.5 Å². The average molecular weight is 358 g/mol. The summed E-state index contributed by atoms with van der Waals surface area (Å²) < 4.78 is 6.42. The molecule has 4 heteroatoms. The molecule has 2 N–H and O–H groups in total. The van der Waals surface area contributed by atoms with Crippen LogP contribution in [-0.2, 0) is 0 Å². The molecule has 0 bridgehead atoms. The van der Waals surface area contributed by atoms with Gasteiger partial charge >= 0.3 is 0 Å². The molecule has 0 unspecified atom stereocenters. The zero-order valence-electron chi connectivity index (χ0n) is 14.3. The lowest BCUT2D eigenvalue weighted by Gasteiger charge is -1.98. The third-order valence-corrected chi connectivity index (χ3v) is 5.23. The van der Waals surface area contributed by atoms with E-state index in [1.54, 1.807) is 18.4 Å². The number of aromatic nitrogens is 1. The minimum absolute atomic E-state index is 0.778. The normalized spacial score (nSPS) is 11.3. The summed E-state index contributed by atoms with van der Waals surface area (Å²) in [5.41, 5.74) is 10.9. The van der Waals surface area contributed by atoms with Crippen molar-refractivity contribution >= 4 is 39.4 Å². The summed E-state index contributed by atoms with van der Waals surface area (Å²) in [7, 11) is 1.68. The van der Waals surface area contributed by atoms with E-state index in [1.807, 2.05) is 42.5 Å². The van der Waals surface area contributed by atoms with Crippen molar-refractivity contribution in [2.24, 2.45) is 0 Å². The molecule has 0 aliphatic rings. The Labute approximate surface area is 156 Å². The number of nitrogen functional groups attached to an aromatic ring is 1. The minimum Gasteiger partial charge on any atom is -0.497 e. The number of benzene rings is 3. The van der Waals surface area contributed by atoms with Crippen molar-refractivity contribution in [3.63, 3.8) is 0 Å². The Morgan fingerprint density at radius 1 is 0.885 bits per heavy atom. The number of methoxy groups -OCH3 is 1. The maximum Gasteiger partial charge on any atom is 0.124 e. The molecule has 26 heavy (non-hydrogen) atoms. The lowest BCUT2D eigenvalue weighted by Crippen LogP contribution is -1.82. The molecule has 0 saturated heterocycles.